The van der Waals surface area contributed by atoms with Crippen LogP contribution >= 0.6 is 0 Å². The Labute approximate surface area is 98.7 Å². The molecule has 1 atom stereocenters. The molecule has 1 aliphatic rings. The molecular formula is C16H20. The van der Waals surface area contributed by atoms with Gasteiger partial charge in [-0.25, -0.2) is 0 Å². The zero-order valence-corrected chi connectivity index (χ0v) is 10.4. The van der Waals surface area contributed by atoms with Crippen molar-refractivity contribution in [2.75, 3.05) is 0 Å². The van der Waals surface area contributed by atoms with E-state index in [1.807, 2.05) is 0 Å². The molecule has 0 heteroatoms. The van der Waals surface area contributed by atoms with Crippen LogP contribution in [-0.4, -0.2) is 0 Å². The number of rotatable bonds is 2. The van der Waals surface area contributed by atoms with Crippen LogP contribution in [0, 0.1) is 0 Å². The fourth-order valence-corrected chi connectivity index (χ4v) is 2.19. The van der Waals surface area contributed by atoms with Crippen molar-refractivity contribution in [2.24, 2.45) is 0 Å². The van der Waals surface area contributed by atoms with Crippen LogP contribution in [-0.2, 0) is 5.41 Å². The Kier molecular flexibility index (Phi) is 3.00. The first kappa shape index (κ1) is 11.2. The van der Waals surface area contributed by atoms with E-state index in [-0.39, 0.29) is 5.41 Å². The Morgan fingerprint density at radius 1 is 1.06 bits per heavy atom. The number of hydrogen-bond donors (Lipinski definition) is 0. The summed E-state index contributed by atoms with van der Waals surface area (Å²) >= 11 is 0. The molecule has 0 saturated carbocycles. The van der Waals surface area contributed by atoms with Crippen LogP contribution in [0.25, 0.3) is 0 Å². The third kappa shape index (κ3) is 2.11. The van der Waals surface area contributed by atoms with Crippen molar-refractivity contribution in [1.29, 1.82) is 0 Å². The summed E-state index contributed by atoms with van der Waals surface area (Å²) in [6.45, 7) is 6.78. The molecule has 84 valence electrons. The molecule has 0 spiro atoms. The molecule has 0 aromatic heterocycles. The summed E-state index contributed by atoms with van der Waals surface area (Å²) in [6.07, 6.45) is 9.93. The molecule has 0 fully saturated rings. The minimum atomic E-state index is 0.185. The summed E-state index contributed by atoms with van der Waals surface area (Å²) in [5.74, 6) is 0.614. The fraction of sp³-hybridized carbons (Fsp3) is 0.375. The van der Waals surface area contributed by atoms with Gasteiger partial charge in [-0.05, 0) is 23.5 Å². The van der Waals surface area contributed by atoms with Gasteiger partial charge in [0.1, 0.15) is 0 Å². The van der Waals surface area contributed by atoms with E-state index in [0.717, 1.165) is 6.42 Å². The van der Waals surface area contributed by atoms with Gasteiger partial charge in [-0.1, -0.05) is 69.3 Å². The Balaban J connectivity index is 2.28. The predicted octanol–water partition coefficient (Wildman–Crippen LogP) is 4.58. The lowest BCUT2D eigenvalue weighted by Crippen LogP contribution is -2.19. The highest BCUT2D eigenvalue weighted by atomic mass is 14.3. The Morgan fingerprint density at radius 2 is 1.75 bits per heavy atom. The first-order valence-electron chi connectivity index (χ1n) is 6.07. The number of allylic oxidation sites excluding steroid dienone is 4. The second-order valence-corrected chi connectivity index (χ2v) is 5.19. The molecule has 1 aromatic carbocycles. The summed E-state index contributed by atoms with van der Waals surface area (Å²) < 4.78 is 0. The monoisotopic (exact) mass is 212 g/mol. The summed E-state index contributed by atoms with van der Waals surface area (Å²) in [5, 5.41) is 0. The van der Waals surface area contributed by atoms with Gasteiger partial charge in [-0.2, -0.15) is 0 Å². The first-order valence-corrected chi connectivity index (χ1v) is 6.07. The lowest BCUT2D eigenvalue weighted by Gasteiger charge is -2.27. The highest BCUT2D eigenvalue weighted by Crippen LogP contribution is 2.32. The van der Waals surface area contributed by atoms with E-state index in [9.17, 15) is 0 Å². The van der Waals surface area contributed by atoms with Crippen LogP contribution in [0.1, 0.15) is 44.2 Å². The summed E-state index contributed by atoms with van der Waals surface area (Å²) in [4.78, 5) is 0. The van der Waals surface area contributed by atoms with Crippen LogP contribution in [0.4, 0.5) is 0 Å². The molecule has 0 aliphatic heterocycles. The molecule has 0 nitrogen and oxygen atoms in total. The van der Waals surface area contributed by atoms with E-state index >= 15 is 0 Å². The molecule has 16 heavy (non-hydrogen) atoms. The van der Waals surface area contributed by atoms with Gasteiger partial charge in [0, 0.05) is 5.41 Å². The maximum absolute atomic E-state index is 2.30. The molecular weight excluding hydrogens is 192 g/mol. The van der Waals surface area contributed by atoms with Crippen molar-refractivity contribution in [3.63, 3.8) is 0 Å². The van der Waals surface area contributed by atoms with Crippen LogP contribution < -0.4 is 0 Å². The van der Waals surface area contributed by atoms with Crippen LogP contribution in [0.15, 0.2) is 48.6 Å². The molecule has 0 heterocycles. The second kappa shape index (κ2) is 4.29. The minimum Gasteiger partial charge on any atom is -0.0834 e. The quantitative estimate of drug-likeness (QED) is 0.673. The van der Waals surface area contributed by atoms with Crippen molar-refractivity contribution in [2.45, 2.75) is 38.5 Å². The van der Waals surface area contributed by atoms with Gasteiger partial charge >= 0.3 is 0 Å². The highest BCUT2D eigenvalue weighted by Gasteiger charge is 2.23. The second-order valence-electron chi connectivity index (χ2n) is 5.19. The maximum Gasteiger partial charge on any atom is 0.0141 e. The van der Waals surface area contributed by atoms with Crippen molar-refractivity contribution >= 4 is 0 Å². The summed E-state index contributed by atoms with van der Waals surface area (Å²) in [7, 11) is 0. The average molecular weight is 212 g/mol. The van der Waals surface area contributed by atoms with Gasteiger partial charge in [-0.3, -0.25) is 0 Å². The van der Waals surface area contributed by atoms with Gasteiger partial charge in [0.2, 0.25) is 0 Å². The molecule has 0 amide bonds. The van der Waals surface area contributed by atoms with E-state index in [1.165, 1.54) is 11.1 Å². The van der Waals surface area contributed by atoms with Crippen LogP contribution in [0.2, 0.25) is 0 Å². The predicted molar refractivity (Wildman–Crippen MR) is 70.8 cm³/mol. The van der Waals surface area contributed by atoms with Crippen LogP contribution in [0.5, 0.6) is 0 Å². The van der Waals surface area contributed by atoms with Gasteiger partial charge < -0.3 is 0 Å². The van der Waals surface area contributed by atoms with Crippen molar-refractivity contribution in [3.05, 3.63) is 59.7 Å². The largest absolute Gasteiger partial charge is 0.0834 e. The average Bonchev–Trinajstić information content (AvgIpc) is 2.30. The van der Waals surface area contributed by atoms with E-state index in [1.54, 1.807) is 0 Å². The topological polar surface area (TPSA) is 0 Å². The fourth-order valence-electron chi connectivity index (χ4n) is 2.19. The maximum atomic E-state index is 2.30. The molecule has 2 rings (SSSR count). The van der Waals surface area contributed by atoms with E-state index in [2.05, 4.69) is 69.3 Å². The standard InChI is InChI=1S/C16H20/c1-13(2)14-7-9-15(10-8-14)16(3)11-5-4-6-12-16/h4-11,13H,12H2,1-3H3. The van der Waals surface area contributed by atoms with E-state index < -0.39 is 0 Å². The van der Waals surface area contributed by atoms with Gasteiger partial charge in [-0.15, -0.1) is 0 Å². The lowest BCUT2D eigenvalue weighted by molar-refractivity contribution is 0.599. The molecule has 0 saturated heterocycles. The number of hydrogen-bond acceptors (Lipinski definition) is 0. The molecule has 0 radical (unpaired) electrons. The van der Waals surface area contributed by atoms with Gasteiger partial charge in [0.05, 0.1) is 0 Å². The lowest BCUT2D eigenvalue weighted by atomic mass is 9.77. The number of benzene rings is 1. The molecule has 0 bridgehead atoms. The zero-order chi connectivity index (χ0) is 11.6. The third-order valence-corrected chi connectivity index (χ3v) is 3.49. The van der Waals surface area contributed by atoms with Crippen LogP contribution in [0.3, 0.4) is 0 Å². The Morgan fingerprint density at radius 3 is 2.25 bits per heavy atom. The minimum absolute atomic E-state index is 0.185. The normalized spacial score (nSPS) is 24.0. The summed E-state index contributed by atoms with van der Waals surface area (Å²) in [6, 6.07) is 9.08. The summed E-state index contributed by atoms with van der Waals surface area (Å²) in [5.41, 5.74) is 3.02. The molecule has 1 aliphatic carbocycles. The SMILES string of the molecule is CC(C)c1ccc(C2(C)C=CC=CC2)cc1. The molecule has 1 unspecified atom stereocenters. The smallest absolute Gasteiger partial charge is 0.0141 e. The third-order valence-electron chi connectivity index (χ3n) is 3.49. The van der Waals surface area contributed by atoms with Gasteiger partial charge in [0.25, 0.3) is 0 Å². The van der Waals surface area contributed by atoms with Crippen molar-refractivity contribution in [1.82, 2.24) is 0 Å². The Hall–Kier alpha value is -1.30. The molecule has 1 aromatic rings. The zero-order valence-electron chi connectivity index (χ0n) is 10.4. The van der Waals surface area contributed by atoms with E-state index in [4.69, 9.17) is 0 Å². The van der Waals surface area contributed by atoms with E-state index in [0.29, 0.717) is 5.92 Å². The first-order chi connectivity index (χ1) is 7.62. The Bertz CT molecular complexity index is 406. The van der Waals surface area contributed by atoms with Gasteiger partial charge in [0.15, 0.2) is 0 Å². The van der Waals surface area contributed by atoms with Crippen molar-refractivity contribution in [3.8, 4) is 0 Å². The van der Waals surface area contributed by atoms with Crippen molar-refractivity contribution < 1.29 is 0 Å². The molecule has 0 N–H and O–H groups in total. The highest BCUT2D eigenvalue weighted by molar-refractivity contribution is 5.36.